The Morgan fingerprint density at radius 2 is 1.90 bits per heavy atom. The molecule has 160 valence electrons. The predicted molar refractivity (Wildman–Crippen MR) is 111 cm³/mol. The van der Waals surface area contributed by atoms with Crippen LogP contribution in [0.2, 0.25) is 0 Å². The minimum Gasteiger partial charge on any atom is -0.368 e. The Bertz CT molecular complexity index is 1100. The molecule has 4 rings (SSSR count). The van der Waals surface area contributed by atoms with Crippen LogP contribution in [0, 0.1) is 17.5 Å². The summed E-state index contributed by atoms with van der Waals surface area (Å²) in [6.07, 6.45) is 5.99. The molecule has 6 nitrogen and oxygen atoms in total. The summed E-state index contributed by atoms with van der Waals surface area (Å²) in [5.41, 5.74) is 5.61. The highest BCUT2D eigenvalue weighted by molar-refractivity contribution is 6.05. The van der Waals surface area contributed by atoms with E-state index in [9.17, 15) is 13.6 Å². The SMILES string of the molecule is N[C@H]1CCCN(c2ccncc2NC(=O)c2nccc(-c3c(F)cccc3F)c2F)C1. The third-order valence-electron chi connectivity index (χ3n) is 5.18. The first kappa shape index (κ1) is 20.8. The lowest BCUT2D eigenvalue weighted by Gasteiger charge is -2.33. The molecule has 0 spiro atoms. The van der Waals surface area contributed by atoms with Gasteiger partial charge in [-0.1, -0.05) is 6.07 Å². The van der Waals surface area contributed by atoms with Crippen LogP contribution in [0.5, 0.6) is 0 Å². The molecule has 1 aromatic carbocycles. The summed E-state index contributed by atoms with van der Waals surface area (Å²) < 4.78 is 43.3. The van der Waals surface area contributed by atoms with Crippen molar-refractivity contribution < 1.29 is 18.0 Å². The number of hydrogen-bond donors (Lipinski definition) is 2. The average Bonchev–Trinajstić information content (AvgIpc) is 2.75. The van der Waals surface area contributed by atoms with Gasteiger partial charge in [-0.3, -0.25) is 9.78 Å². The molecular weight excluding hydrogens is 407 g/mol. The highest BCUT2D eigenvalue weighted by atomic mass is 19.1. The molecule has 9 heteroatoms. The van der Waals surface area contributed by atoms with E-state index in [0.717, 1.165) is 43.8 Å². The van der Waals surface area contributed by atoms with Gasteiger partial charge in [0.15, 0.2) is 11.5 Å². The second kappa shape index (κ2) is 8.73. The summed E-state index contributed by atoms with van der Waals surface area (Å²) in [5.74, 6) is -3.85. The molecule has 0 aliphatic carbocycles. The number of amides is 1. The maximum Gasteiger partial charge on any atom is 0.277 e. The van der Waals surface area contributed by atoms with Crippen LogP contribution >= 0.6 is 0 Å². The van der Waals surface area contributed by atoms with Crippen molar-refractivity contribution in [1.29, 1.82) is 0 Å². The zero-order valence-corrected chi connectivity index (χ0v) is 16.5. The topological polar surface area (TPSA) is 84.1 Å². The lowest BCUT2D eigenvalue weighted by molar-refractivity contribution is 0.101. The molecule has 3 N–H and O–H groups in total. The summed E-state index contributed by atoms with van der Waals surface area (Å²) in [5, 5.41) is 2.61. The normalized spacial score (nSPS) is 16.3. The number of pyridine rings is 2. The molecular formula is C22H20F3N5O. The van der Waals surface area contributed by atoms with Gasteiger partial charge in [-0.15, -0.1) is 0 Å². The fourth-order valence-electron chi connectivity index (χ4n) is 3.72. The Morgan fingerprint density at radius 3 is 2.65 bits per heavy atom. The van der Waals surface area contributed by atoms with Gasteiger partial charge >= 0.3 is 0 Å². The summed E-state index contributed by atoms with van der Waals surface area (Å²) in [6, 6.07) is 6.09. The van der Waals surface area contributed by atoms with Crippen molar-refractivity contribution in [2.45, 2.75) is 18.9 Å². The largest absolute Gasteiger partial charge is 0.368 e. The van der Waals surface area contributed by atoms with E-state index in [0.29, 0.717) is 17.9 Å². The Hall–Kier alpha value is -3.46. The van der Waals surface area contributed by atoms with Crippen molar-refractivity contribution in [3.63, 3.8) is 0 Å². The highest BCUT2D eigenvalue weighted by Crippen LogP contribution is 2.31. The molecule has 0 radical (unpaired) electrons. The fourth-order valence-corrected chi connectivity index (χ4v) is 3.72. The first-order valence-electron chi connectivity index (χ1n) is 9.80. The maximum atomic E-state index is 15.1. The Balaban J connectivity index is 1.65. The average molecular weight is 427 g/mol. The van der Waals surface area contributed by atoms with Crippen molar-refractivity contribution in [1.82, 2.24) is 9.97 Å². The summed E-state index contributed by atoms with van der Waals surface area (Å²) in [7, 11) is 0. The minimum atomic E-state index is -1.12. The standard InChI is InChI=1S/C22H20F3N5O/c23-15-4-1-5-16(24)19(15)14-6-9-28-21(20(14)25)22(31)29-17-11-27-8-7-18(17)30-10-2-3-13(26)12-30/h1,4-9,11,13H,2-3,10,12,26H2,(H,29,31)/t13-/m0/s1. The lowest BCUT2D eigenvalue weighted by Crippen LogP contribution is -2.43. The van der Waals surface area contributed by atoms with E-state index in [2.05, 4.69) is 15.3 Å². The van der Waals surface area contributed by atoms with E-state index in [-0.39, 0.29) is 11.6 Å². The number of rotatable bonds is 4. The first-order chi connectivity index (χ1) is 15.0. The number of aromatic nitrogens is 2. The maximum absolute atomic E-state index is 15.1. The van der Waals surface area contributed by atoms with E-state index in [1.807, 2.05) is 4.90 Å². The van der Waals surface area contributed by atoms with Gasteiger partial charge in [0.2, 0.25) is 0 Å². The number of benzene rings is 1. The van der Waals surface area contributed by atoms with Crippen LogP contribution in [0.4, 0.5) is 24.5 Å². The predicted octanol–water partition coefficient (Wildman–Crippen LogP) is 3.74. The number of nitrogens with one attached hydrogen (secondary N) is 1. The third kappa shape index (κ3) is 4.22. The number of anilines is 2. The zero-order chi connectivity index (χ0) is 22.0. The molecule has 31 heavy (non-hydrogen) atoms. The Morgan fingerprint density at radius 1 is 1.13 bits per heavy atom. The molecule has 0 bridgehead atoms. The van der Waals surface area contributed by atoms with Crippen LogP contribution in [-0.4, -0.2) is 35.0 Å². The fraction of sp³-hybridized carbons (Fsp3) is 0.227. The second-order valence-electron chi connectivity index (χ2n) is 7.31. The molecule has 1 aliphatic heterocycles. The van der Waals surface area contributed by atoms with E-state index in [1.54, 1.807) is 12.3 Å². The number of nitrogens with two attached hydrogens (primary N) is 1. The second-order valence-corrected chi connectivity index (χ2v) is 7.31. The minimum absolute atomic E-state index is 0.0110. The van der Waals surface area contributed by atoms with Crippen LogP contribution in [0.25, 0.3) is 11.1 Å². The number of halogens is 3. The number of piperidine rings is 1. The van der Waals surface area contributed by atoms with Gasteiger partial charge in [0, 0.05) is 37.1 Å². The van der Waals surface area contributed by atoms with E-state index >= 15 is 4.39 Å². The number of carbonyl (C=O) groups excluding carboxylic acids is 1. The van der Waals surface area contributed by atoms with Gasteiger partial charge in [-0.25, -0.2) is 18.2 Å². The van der Waals surface area contributed by atoms with Crippen molar-refractivity contribution in [2.24, 2.45) is 5.73 Å². The molecule has 1 fully saturated rings. The Kier molecular flexibility index (Phi) is 5.85. The van der Waals surface area contributed by atoms with Gasteiger partial charge in [0.1, 0.15) is 11.6 Å². The monoisotopic (exact) mass is 427 g/mol. The first-order valence-corrected chi connectivity index (χ1v) is 9.80. The van der Waals surface area contributed by atoms with Crippen molar-refractivity contribution in [3.8, 4) is 11.1 Å². The summed E-state index contributed by atoms with van der Waals surface area (Å²) >= 11 is 0. The lowest BCUT2D eigenvalue weighted by atomic mass is 10.0. The summed E-state index contributed by atoms with van der Waals surface area (Å²) in [4.78, 5) is 22.7. The highest BCUT2D eigenvalue weighted by Gasteiger charge is 2.24. The summed E-state index contributed by atoms with van der Waals surface area (Å²) in [6.45, 7) is 1.37. The van der Waals surface area contributed by atoms with E-state index in [1.165, 1.54) is 12.3 Å². The van der Waals surface area contributed by atoms with Gasteiger partial charge in [-0.05, 0) is 37.1 Å². The molecule has 1 amide bonds. The Labute approximate surface area is 176 Å². The van der Waals surface area contributed by atoms with Crippen molar-refractivity contribution in [3.05, 3.63) is 72.1 Å². The van der Waals surface area contributed by atoms with Crippen molar-refractivity contribution >= 4 is 17.3 Å². The molecule has 0 unspecified atom stereocenters. The number of nitrogens with zero attached hydrogens (tertiary/aromatic N) is 3. The third-order valence-corrected chi connectivity index (χ3v) is 5.18. The van der Waals surface area contributed by atoms with Crippen molar-refractivity contribution in [2.75, 3.05) is 23.3 Å². The van der Waals surface area contributed by atoms with E-state index < -0.39 is 34.6 Å². The quantitative estimate of drug-likeness (QED) is 0.663. The number of hydrogen-bond acceptors (Lipinski definition) is 5. The molecule has 3 heterocycles. The molecule has 3 aromatic rings. The molecule has 1 atom stereocenters. The van der Waals surface area contributed by atoms with Gasteiger partial charge < -0.3 is 16.0 Å². The molecule has 1 saturated heterocycles. The van der Waals surface area contributed by atoms with Crippen LogP contribution < -0.4 is 16.0 Å². The van der Waals surface area contributed by atoms with Crippen LogP contribution in [-0.2, 0) is 0 Å². The zero-order valence-electron chi connectivity index (χ0n) is 16.5. The molecule has 2 aromatic heterocycles. The van der Waals surface area contributed by atoms with Gasteiger partial charge in [-0.2, -0.15) is 0 Å². The molecule has 1 aliphatic rings. The van der Waals surface area contributed by atoms with Crippen LogP contribution in [0.3, 0.4) is 0 Å². The number of carbonyl (C=O) groups is 1. The van der Waals surface area contributed by atoms with Gasteiger partial charge in [0.25, 0.3) is 5.91 Å². The van der Waals surface area contributed by atoms with Gasteiger partial charge in [0.05, 0.1) is 23.1 Å². The van der Waals surface area contributed by atoms with Crippen LogP contribution in [0.15, 0.2) is 48.9 Å². The van der Waals surface area contributed by atoms with E-state index in [4.69, 9.17) is 5.73 Å². The smallest absolute Gasteiger partial charge is 0.277 e. The molecule has 0 saturated carbocycles. The van der Waals surface area contributed by atoms with Crippen LogP contribution in [0.1, 0.15) is 23.3 Å².